The van der Waals surface area contributed by atoms with Crippen LogP contribution in [0.25, 0.3) is 0 Å². The summed E-state index contributed by atoms with van der Waals surface area (Å²) in [6, 6.07) is 7.91. The van der Waals surface area contributed by atoms with Crippen molar-refractivity contribution in [2.24, 2.45) is 5.92 Å². The zero-order valence-electron chi connectivity index (χ0n) is 25.0. The Kier molecular flexibility index (Phi) is 21.5. The van der Waals surface area contributed by atoms with Gasteiger partial charge in [0.2, 0.25) is 0 Å². The summed E-state index contributed by atoms with van der Waals surface area (Å²) in [5.41, 5.74) is 1.02. The van der Waals surface area contributed by atoms with Crippen LogP contribution in [-0.2, 0) is 24.8 Å². The minimum Gasteiger partial charge on any atom is -0.494 e. The first kappa shape index (κ1) is 35.8. The maximum atomic E-state index is 12.4. The van der Waals surface area contributed by atoms with Gasteiger partial charge in [-0.2, -0.15) is 0 Å². The van der Waals surface area contributed by atoms with E-state index >= 15 is 0 Å². The van der Waals surface area contributed by atoms with Crippen LogP contribution >= 0.6 is 7.82 Å². The number of hydrogen-bond donors (Lipinski definition) is 2. The lowest BCUT2D eigenvalue weighted by atomic mass is 9.94. The second-order valence-corrected chi connectivity index (χ2v) is 12.1. The molecule has 0 heterocycles. The number of Topliss-reactive ketones (excluding diaryl/α,β-unsaturated/α-hetero) is 1. The third-order valence-electron chi connectivity index (χ3n) is 6.78. The van der Waals surface area contributed by atoms with E-state index in [-0.39, 0.29) is 24.9 Å². The van der Waals surface area contributed by atoms with Crippen LogP contribution < -0.4 is 10.1 Å². The van der Waals surface area contributed by atoms with E-state index in [9.17, 15) is 14.3 Å². The van der Waals surface area contributed by atoms with Crippen LogP contribution in [0.3, 0.4) is 0 Å². The summed E-state index contributed by atoms with van der Waals surface area (Å²) in [7, 11) is -2.35. The Morgan fingerprint density at radius 1 is 0.897 bits per heavy atom. The average molecular weight is 570 g/mol. The van der Waals surface area contributed by atoms with E-state index in [4.69, 9.17) is 13.8 Å². The van der Waals surface area contributed by atoms with Gasteiger partial charge in [0.1, 0.15) is 11.5 Å². The quantitative estimate of drug-likeness (QED) is 0.0818. The van der Waals surface area contributed by atoms with Crippen LogP contribution in [0.5, 0.6) is 5.75 Å². The number of unbranched alkanes of at least 4 members (excludes halogenated alkanes) is 10. The summed E-state index contributed by atoms with van der Waals surface area (Å²) >= 11 is 0. The molecule has 0 saturated carbocycles. The lowest BCUT2D eigenvalue weighted by Gasteiger charge is -2.19. The molecular weight excluding hydrogens is 513 g/mol. The van der Waals surface area contributed by atoms with Gasteiger partial charge in [-0.25, -0.2) is 4.57 Å². The molecule has 0 amide bonds. The molecule has 0 fully saturated rings. The van der Waals surface area contributed by atoms with Crippen LogP contribution in [-0.4, -0.2) is 44.1 Å². The van der Waals surface area contributed by atoms with Crippen molar-refractivity contribution in [2.75, 3.05) is 33.4 Å². The lowest BCUT2D eigenvalue weighted by Crippen LogP contribution is -2.17. The molecule has 2 N–H and O–H groups in total. The summed E-state index contributed by atoms with van der Waals surface area (Å²) in [6.07, 6.45) is 17.1. The van der Waals surface area contributed by atoms with Gasteiger partial charge in [-0.05, 0) is 62.9 Å². The molecule has 0 spiro atoms. The highest BCUT2D eigenvalue weighted by Crippen LogP contribution is 2.44. The van der Waals surface area contributed by atoms with E-state index in [1.807, 2.05) is 38.2 Å². The second kappa shape index (κ2) is 23.5. The smallest absolute Gasteiger partial charge is 0.472 e. The van der Waals surface area contributed by atoms with Crippen molar-refractivity contribution in [1.82, 2.24) is 5.32 Å². The van der Waals surface area contributed by atoms with E-state index in [0.29, 0.717) is 38.8 Å². The first-order valence-corrected chi connectivity index (χ1v) is 16.9. The Bertz CT molecular complexity index is 790. The molecule has 0 bridgehead atoms. The number of carbonyl (C=O) groups is 1. The van der Waals surface area contributed by atoms with Crippen molar-refractivity contribution in [2.45, 2.75) is 117 Å². The molecule has 0 aliphatic rings. The SMILES string of the molecule is CCCCCCCCCCCCCOc1cccc(CC(COP(=O)(O)OCCCNC)CC(=O)CCC)c1. The second-order valence-electron chi connectivity index (χ2n) is 10.6. The van der Waals surface area contributed by atoms with Crippen LogP contribution in [0, 0.1) is 5.92 Å². The number of phosphoric ester groups is 1. The highest BCUT2D eigenvalue weighted by atomic mass is 31.2. The minimum atomic E-state index is -4.16. The average Bonchev–Trinajstić information content (AvgIpc) is 2.91. The van der Waals surface area contributed by atoms with Gasteiger partial charge in [-0.1, -0.05) is 90.2 Å². The molecule has 8 heteroatoms. The van der Waals surface area contributed by atoms with Gasteiger partial charge in [0.25, 0.3) is 0 Å². The van der Waals surface area contributed by atoms with Crippen LogP contribution in [0.4, 0.5) is 0 Å². The number of ether oxygens (including phenoxy) is 1. The predicted molar refractivity (Wildman–Crippen MR) is 160 cm³/mol. The summed E-state index contributed by atoms with van der Waals surface area (Å²) in [6.45, 7) is 5.73. The van der Waals surface area contributed by atoms with Crippen molar-refractivity contribution < 1.29 is 28.0 Å². The molecule has 39 heavy (non-hydrogen) atoms. The Hall–Kier alpha value is -1.24. The first-order chi connectivity index (χ1) is 18.9. The maximum absolute atomic E-state index is 12.4. The fourth-order valence-electron chi connectivity index (χ4n) is 4.61. The number of nitrogens with one attached hydrogen (secondary N) is 1. The predicted octanol–water partition coefficient (Wildman–Crippen LogP) is 8.04. The Labute approximate surface area is 238 Å². The van der Waals surface area contributed by atoms with Gasteiger partial charge < -0.3 is 14.9 Å². The van der Waals surface area contributed by atoms with Crippen molar-refractivity contribution in [3.63, 3.8) is 0 Å². The maximum Gasteiger partial charge on any atom is 0.472 e. The molecule has 1 aromatic rings. The molecule has 7 nitrogen and oxygen atoms in total. The molecule has 0 aromatic heterocycles. The zero-order valence-corrected chi connectivity index (χ0v) is 25.9. The van der Waals surface area contributed by atoms with E-state index in [1.54, 1.807) is 0 Å². The summed E-state index contributed by atoms with van der Waals surface area (Å²) in [4.78, 5) is 22.4. The van der Waals surface area contributed by atoms with E-state index in [1.165, 1.54) is 64.2 Å². The van der Waals surface area contributed by atoms with E-state index in [2.05, 4.69) is 12.2 Å². The third kappa shape index (κ3) is 20.3. The summed E-state index contributed by atoms with van der Waals surface area (Å²) in [5.74, 6) is 0.741. The van der Waals surface area contributed by atoms with Crippen LogP contribution in [0.2, 0.25) is 0 Å². The van der Waals surface area contributed by atoms with Gasteiger partial charge in [0, 0.05) is 12.8 Å². The number of benzene rings is 1. The summed E-state index contributed by atoms with van der Waals surface area (Å²) < 4.78 is 28.6. The molecule has 0 aliphatic heterocycles. The van der Waals surface area contributed by atoms with Crippen molar-refractivity contribution in [1.29, 1.82) is 0 Å². The Balaban J connectivity index is 2.43. The molecular formula is C31H56NO6P. The molecule has 226 valence electrons. The Morgan fingerprint density at radius 3 is 2.21 bits per heavy atom. The minimum absolute atomic E-state index is 0.0148. The molecule has 1 rings (SSSR count). The molecule has 0 aliphatic carbocycles. The highest BCUT2D eigenvalue weighted by Gasteiger charge is 2.24. The topological polar surface area (TPSA) is 94.1 Å². The summed E-state index contributed by atoms with van der Waals surface area (Å²) in [5, 5.41) is 2.96. The molecule has 1 aromatic carbocycles. The number of hydrogen-bond acceptors (Lipinski definition) is 6. The highest BCUT2D eigenvalue weighted by molar-refractivity contribution is 7.47. The van der Waals surface area contributed by atoms with Gasteiger partial charge in [0.15, 0.2) is 0 Å². The fourth-order valence-corrected chi connectivity index (χ4v) is 5.44. The van der Waals surface area contributed by atoms with Gasteiger partial charge in [-0.15, -0.1) is 0 Å². The van der Waals surface area contributed by atoms with Crippen molar-refractivity contribution in [3.8, 4) is 5.75 Å². The van der Waals surface area contributed by atoms with E-state index in [0.717, 1.165) is 24.2 Å². The molecule has 2 atom stereocenters. The van der Waals surface area contributed by atoms with Crippen molar-refractivity contribution in [3.05, 3.63) is 29.8 Å². The molecule has 0 saturated heterocycles. The first-order valence-electron chi connectivity index (χ1n) is 15.4. The van der Waals surface area contributed by atoms with Gasteiger partial charge in [-0.3, -0.25) is 13.8 Å². The lowest BCUT2D eigenvalue weighted by molar-refractivity contribution is -0.120. The van der Waals surface area contributed by atoms with Gasteiger partial charge >= 0.3 is 7.82 Å². The normalized spacial score (nSPS) is 13.7. The number of rotatable bonds is 27. The van der Waals surface area contributed by atoms with Crippen molar-refractivity contribution >= 4 is 13.6 Å². The Morgan fingerprint density at radius 2 is 1.56 bits per heavy atom. The standard InChI is InChI=1S/C31H56NO6P/c1-4-6-7-8-9-10-11-12-13-14-15-22-36-31-20-16-19-28(26-31)24-29(25-30(33)18-5-2)27-38-39(34,35)37-23-17-21-32-3/h16,19-20,26,29,32H,4-15,17-18,21-25,27H2,1-3H3,(H,34,35). The number of ketones is 1. The largest absolute Gasteiger partial charge is 0.494 e. The van der Waals surface area contributed by atoms with Crippen LogP contribution in [0.1, 0.15) is 116 Å². The molecule has 2 unspecified atom stereocenters. The van der Waals surface area contributed by atoms with Crippen LogP contribution in [0.15, 0.2) is 24.3 Å². The molecule has 0 radical (unpaired) electrons. The monoisotopic (exact) mass is 569 g/mol. The fraction of sp³-hybridized carbons (Fsp3) is 0.774. The van der Waals surface area contributed by atoms with Gasteiger partial charge in [0.05, 0.1) is 19.8 Å². The third-order valence-corrected chi connectivity index (χ3v) is 7.77. The zero-order chi connectivity index (χ0) is 28.6. The number of phosphoric acid groups is 1. The van der Waals surface area contributed by atoms with E-state index < -0.39 is 7.82 Å². The number of carbonyl (C=O) groups excluding carboxylic acids is 1.